The maximum Gasteiger partial charge on any atom is 0.245 e. The van der Waals surface area contributed by atoms with E-state index in [1.165, 1.54) is 0 Å². The molecule has 1 aromatic rings. The minimum absolute atomic E-state index is 0.246. The molecule has 0 amide bonds. The van der Waals surface area contributed by atoms with Gasteiger partial charge in [0.2, 0.25) is 11.2 Å². The first-order chi connectivity index (χ1) is 9.72. The van der Waals surface area contributed by atoms with Crippen LogP contribution in [0.2, 0.25) is 0 Å². The lowest BCUT2D eigenvalue weighted by Gasteiger charge is -2.18. The number of ether oxygens (including phenoxy) is 1. The van der Waals surface area contributed by atoms with Gasteiger partial charge in [0.05, 0.1) is 17.9 Å². The summed E-state index contributed by atoms with van der Waals surface area (Å²) < 4.78 is 23.7. The molecule has 0 bridgehead atoms. The average Bonchev–Trinajstić information content (AvgIpc) is 2.42. The van der Waals surface area contributed by atoms with Gasteiger partial charge in [-0.05, 0) is 31.5 Å². The molecule has 6 nitrogen and oxygen atoms in total. The van der Waals surface area contributed by atoms with Crippen molar-refractivity contribution in [3.8, 4) is 5.75 Å². The van der Waals surface area contributed by atoms with E-state index in [4.69, 9.17) is 16.2 Å². The lowest BCUT2D eigenvalue weighted by atomic mass is 10.1. The number of hydrogen-bond acceptors (Lipinski definition) is 4. The second kappa shape index (κ2) is 7.25. The first-order valence-corrected chi connectivity index (χ1v) is 7.82. The van der Waals surface area contributed by atoms with Crippen LogP contribution >= 0.6 is 0 Å². The van der Waals surface area contributed by atoms with E-state index in [9.17, 15) is 4.21 Å². The molecular formula is C13H20N4O2S. The van der Waals surface area contributed by atoms with Gasteiger partial charge < -0.3 is 16.2 Å². The standard InChI is InChI=1S/C13H20N4O2S/c14-8-3-1-2-4-9-19-11-7-5-6-10-12(11)13(15)17-20(18)16-10/h5-7,16H,1-4,8-9,14H2,(H2,15,17). The third kappa shape index (κ3) is 3.71. The van der Waals surface area contributed by atoms with Crippen molar-refractivity contribution >= 4 is 22.7 Å². The summed E-state index contributed by atoms with van der Waals surface area (Å²) >= 11 is -1.51. The van der Waals surface area contributed by atoms with Crippen LogP contribution < -0.4 is 20.9 Å². The van der Waals surface area contributed by atoms with E-state index < -0.39 is 11.2 Å². The maximum atomic E-state index is 11.4. The van der Waals surface area contributed by atoms with Gasteiger partial charge in [0.1, 0.15) is 11.6 Å². The van der Waals surface area contributed by atoms with Crippen LogP contribution in [0.15, 0.2) is 22.6 Å². The van der Waals surface area contributed by atoms with E-state index in [1.54, 1.807) is 0 Å². The molecule has 0 fully saturated rings. The monoisotopic (exact) mass is 296 g/mol. The van der Waals surface area contributed by atoms with Gasteiger partial charge in [-0.1, -0.05) is 18.9 Å². The fraction of sp³-hybridized carbons (Fsp3) is 0.462. The highest BCUT2D eigenvalue weighted by Gasteiger charge is 2.19. The lowest BCUT2D eigenvalue weighted by Crippen LogP contribution is -2.24. The Kier molecular flexibility index (Phi) is 5.37. The molecule has 7 heteroatoms. The second-order valence-electron chi connectivity index (χ2n) is 4.56. The molecule has 0 spiro atoms. The largest absolute Gasteiger partial charge is 0.493 e. The molecule has 1 aromatic carbocycles. The average molecular weight is 296 g/mol. The molecule has 1 heterocycles. The Morgan fingerprint density at radius 2 is 2.05 bits per heavy atom. The number of unbranched alkanes of at least 4 members (excludes halogenated alkanes) is 3. The highest BCUT2D eigenvalue weighted by molar-refractivity contribution is 7.85. The van der Waals surface area contributed by atoms with Gasteiger partial charge in [-0.15, -0.1) is 0 Å². The van der Waals surface area contributed by atoms with Gasteiger partial charge >= 0.3 is 0 Å². The van der Waals surface area contributed by atoms with Crippen molar-refractivity contribution in [1.29, 1.82) is 0 Å². The molecule has 2 rings (SSSR count). The van der Waals surface area contributed by atoms with E-state index in [-0.39, 0.29) is 5.84 Å². The van der Waals surface area contributed by atoms with Crippen molar-refractivity contribution in [3.05, 3.63) is 23.8 Å². The van der Waals surface area contributed by atoms with Gasteiger partial charge in [-0.3, -0.25) is 4.72 Å². The molecule has 110 valence electrons. The Balaban J connectivity index is 1.96. The minimum atomic E-state index is -1.51. The molecule has 0 aromatic heterocycles. The number of nitrogens with two attached hydrogens (primary N) is 2. The van der Waals surface area contributed by atoms with Crippen LogP contribution in [0.3, 0.4) is 0 Å². The van der Waals surface area contributed by atoms with E-state index in [1.807, 2.05) is 18.2 Å². The summed E-state index contributed by atoms with van der Waals surface area (Å²) in [5.41, 5.74) is 12.7. The number of amidine groups is 1. The predicted octanol–water partition coefficient (Wildman–Crippen LogP) is 1.29. The number of nitrogens with zero attached hydrogens (tertiary/aromatic N) is 1. The zero-order valence-electron chi connectivity index (χ0n) is 11.3. The Hall–Kier alpha value is -1.60. The van der Waals surface area contributed by atoms with E-state index in [2.05, 4.69) is 9.12 Å². The third-order valence-electron chi connectivity index (χ3n) is 3.02. The topological polar surface area (TPSA) is 103 Å². The van der Waals surface area contributed by atoms with Gasteiger partial charge in [-0.25, -0.2) is 4.21 Å². The van der Waals surface area contributed by atoms with Gasteiger partial charge in [0.25, 0.3) is 0 Å². The summed E-state index contributed by atoms with van der Waals surface area (Å²) in [4.78, 5) is 0. The van der Waals surface area contributed by atoms with Gasteiger partial charge in [0.15, 0.2) is 0 Å². The zero-order valence-corrected chi connectivity index (χ0v) is 12.1. The quantitative estimate of drug-likeness (QED) is 0.660. The number of fused-ring (bicyclic) bond motifs is 1. The molecule has 1 unspecified atom stereocenters. The Bertz CT molecular complexity index is 519. The minimum Gasteiger partial charge on any atom is -0.493 e. The number of hydrogen-bond donors (Lipinski definition) is 3. The Labute approximate surface area is 121 Å². The normalized spacial score (nSPS) is 17.1. The zero-order chi connectivity index (χ0) is 14.4. The lowest BCUT2D eigenvalue weighted by molar-refractivity contribution is 0.304. The fourth-order valence-corrected chi connectivity index (χ4v) is 2.71. The molecule has 0 radical (unpaired) electrons. The molecule has 0 saturated carbocycles. The van der Waals surface area contributed by atoms with Crippen LogP contribution in [-0.4, -0.2) is 23.2 Å². The molecular weight excluding hydrogens is 276 g/mol. The van der Waals surface area contributed by atoms with Crippen molar-refractivity contribution in [2.75, 3.05) is 17.9 Å². The molecule has 0 aliphatic carbocycles. The van der Waals surface area contributed by atoms with Crippen LogP contribution in [0.1, 0.15) is 31.2 Å². The SMILES string of the molecule is NCCCCCCOc1cccc2c1C(N)=NS(=O)N2. The van der Waals surface area contributed by atoms with Crippen molar-refractivity contribution in [2.45, 2.75) is 25.7 Å². The highest BCUT2D eigenvalue weighted by atomic mass is 32.2. The number of rotatable bonds is 7. The summed E-state index contributed by atoms with van der Waals surface area (Å²) in [6.07, 6.45) is 4.24. The molecule has 1 aliphatic rings. The van der Waals surface area contributed by atoms with Crippen LogP contribution in [-0.2, 0) is 11.2 Å². The van der Waals surface area contributed by atoms with Crippen LogP contribution in [0.25, 0.3) is 0 Å². The molecule has 1 aliphatic heterocycles. The van der Waals surface area contributed by atoms with Crippen molar-refractivity contribution < 1.29 is 8.95 Å². The van der Waals surface area contributed by atoms with E-state index >= 15 is 0 Å². The third-order valence-corrected chi connectivity index (χ3v) is 3.77. The smallest absolute Gasteiger partial charge is 0.245 e. The Morgan fingerprint density at radius 1 is 1.25 bits per heavy atom. The Morgan fingerprint density at radius 3 is 2.85 bits per heavy atom. The summed E-state index contributed by atoms with van der Waals surface area (Å²) in [6, 6.07) is 5.49. The first-order valence-electron chi connectivity index (χ1n) is 6.71. The maximum absolute atomic E-state index is 11.4. The fourth-order valence-electron chi connectivity index (χ4n) is 2.03. The number of benzene rings is 1. The van der Waals surface area contributed by atoms with E-state index in [0.29, 0.717) is 23.6 Å². The second-order valence-corrected chi connectivity index (χ2v) is 5.44. The summed E-state index contributed by atoms with van der Waals surface area (Å²) in [6.45, 7) is 1.36. The molecule has 5 N–H and O–H groups in total. The molecule has 1 atom stereocenters. The van der Waals surface area contributed by atoms with Gasteiger partial charge in [0, 0.05) is 0 Å². The van der Waals surface area contributed by atoms with Crippen molar-refractivity contribution in [3.63, 3.8) is 0 Å². The van der Waals surface area contributed by atoms with Crippen LogP contribution in [0.5, 0.6) is 5.75 Å². The summed E-state index contributed by atoms with van der Waals surface area (Å²) in [5, 5.41) is 0. The van der Waals surface area contributed by atoms with Crippen LogP contribution in [0, 0.1) is 0 Å². The summed E-state index contributed by atoms with van der Waals surface area (Å²) in [5.74, 6) is 0.919. The van der Waals surface area contributed by atoms with E-state index in [0.717, 1.165) is 32.2 Å². The van der Waals surface area contributed by atoms with Crippen molar-refractivity contribution in [1.82, 2.24) is 0 Å². The molecule has 0 saturated heterocycles. The van der Waals surface area contributed by atoms with Crippen LogP contribution in [0.4, 0.5) is 5.69 Å². The number of nitrogens with one attached hydrogen (secondary N) is 1. The predicted molar refractivity (Wildman–Crippen MR) is 81.9 cm³/mol. The van der Waals surface area contributed by atoms with Crippen molar-refractivity contribution in [2.24, 2.45) is 15.9 Å². The highest BCUT2D eigenvalue weighted by Crippen LogP contribution is 2.29. The van der Waals surface area contributed by atoms with Gasteiger partial charge in [-0.2, -0.15) is 4.40 Å². The first kappa shape index (κ1) is 14.8. The molecule has 20 heavy (non-hydrogen) atoms. The summed E-state index contributed by atoms with van der Waals surface area (Å²) in [7, 11) is 0. The number of anilines is 1.